The molecule has 0 bridgehead atoms. The minimum Gasteiger partial charge on any atom is -0.457 e. The summed E-state index contributed by atoms with van der Waals surface area (Å²) in [6.07, 6.45) is 6.13. The summed E-state index contributed by atoms with van der Waals surface area (Å²) in [6, 6.07) is 0. The van der Waals surface area contributed by atoms with Gasteiger partial charge >= 0.3 is 5.97 Å². The van der Waals surface area contributed by atoms with Gasteiger partial charge in [-0.3, -0.25) is 4.79 Å². The van der Waals surface area contributed by atoms with Crippen LogP contribution in [-0.2, 0) is 9.53 Å². The largest absolute Gasteiger partial charge is 0.457 e. The zero-order valence-electron chi connectivity index (χ0n) is 15.7. The summed E-state index contributed by atoms with van der Waals surface area (Å²) in [6.45, 7) is 12.5. The van der Waals surface area contributed by atoms with E-state index in [9.17, 15) is 9.90 Å². The molecule has 0 saturated heterocycles. The molecule has 0 aromatic heterocycles. The van der Waals surface area contributed by atoms with Crippen molar-refractivity contribution in [2.24, 2.45) is 23.2 Å². The second-order valence-corrected chi connectivity index (χ2v) is 8.41. The topological polar surface area (TPSA) is 46.5 Å². The highest BCUT2D eigenvalue weighted by Gasteiger charge is 2.61. The fourth-order valence-electron chi connectivity index (χ4n) is 4.56. The first-order chi connectivity index (χ1) is 10.7. The van der Waals surface area contributed by atoms with Crippen LogP contribution in [0.1, 0.15) is 73.6 Å². The van der Waals surface area contributed by atoms with Crippen LogP contribution in [0.25, 0.3) is 0 Å². The maximum absolute atomic E-state index is 12.4. The van der Waals surface area contributed by atoms with E-state index in [1.165, 1.54) is 5.57 Å². The molecule has 0 unspecified atom stereocenters. The first-order valence-electron chi connectivity index (χ1n) is 9.26. The van der Waals surface area contributed by atoms with Crippen LogP contribution < -0.4 is 0 Å². The van der Waals surface area contributed by atoms with Gasteiger partial charge in [-0.1, -0.05) is 40.2 Å². The summed E-state index contributed by atoms with van der Waals surface area (Å²) in [7, 11) is 0. The summed E-state index contributed by atoms with van der Waals surface area (Å²) < 4.78 is 5.93. The second kappa shape index (κ2) is 6.58. The van der Waals surface area contributed by atoms with Crippen molar-refractivity contribution < 1.29 is 14.6 Å². The van der Waals surface area contributed by atoms with Crippen LogP contribution in [0.3, 0.4) is 0 Å². The predicted molar refractivity (Wildman–Crippen MR) is 92.9 cm³/mol. The van der Waals surface area contributed by atoms with Crippen molar-refractivity contribution in [2.75, 3.05) is 0 Å². The molecule has 2 aliphatic rings. The van der Waals surface area contributed by atoms with Crippen molar-refractivity contribution in [3.8, 4) is 0 Å². The summed E-state index contributed by atoms with van der Waals surface area (Å²) in [5.74, 6) is 0.480. The highest BCUT2D eigenvalue weighted by atomic mass is 16.5. The first kappa shape index (κ1) is 18.5. The van der Waals surface area contributed by atoms with Gasteiger partial charge < -0.3 is 9.84 Å². The number of hydrogen-bond donors (Lipinski definition) is 1. The van der Waals surface area contributed by atoms with Gasteiger partial charge in [0.25, 0.3) is 0 Å². The van der Waals surface area contributed by atoms with E-state index >= 15 is 0 Å². The molecule has 2 rings (SSSR count). The van der Waals surface area contributed by atoms with Crippen LogP contribution in [0, 0.1) is 23.2 Å². The van der Waals surface area contributed by atoms with Gasteiger partial charge in [-0.25, -0.2) is 0 Å². The van der Waals surface area contributed by atoms with Crippen molar-refractivity contribution in [1.29, 1.82) is 0 Å². The van der Waals surface area contributed by atoms with Gasteiger partial charge in [-0.05, 0) is 56.9 Å². The van der Waals surface area contributed by atoms with Gasteiger partial charge in [0.15, 0.2) is 0 Å². The second-order valence-electron chi connectivity index (χ2n) is 8.41. The molecule has 23 heavy (non-hydrogen) atoms. The minimum absolute atomic E-state index is 0.0917. The smallest absolute Gasteiger partial charge is 0.309 e. The van der Waals surface area contributed by atoms with E-state index in [0.717, 1.165) is 32.1 Å². The predicted octanol–water partition coefficient (Wildman–Crippen LogP) is 4.49. The fourth-order valence-corrected chi connectivity index (χ4v) is 4.56. The zero-order chi connectivity index (χ0) is 17.4. The third kappa shape index (κ3) is 3.09. The summed E-state index contributed by atoms with van der Waals surface area (Å²) >= 11 is 0. The Kier molecular flexibility index (Phi) is 5.30. The molecule has 0 radical (unpaired) electrons. The van der Waals surface area contributed by atoms with Gasteiger partial charge in [0.05, 0.1) is 11.5 Å². The highest BCUT2D eigenvalue weighted by molar-refractivity contribution is 5.72. The normalized spacial score (nSPS) is 38.7. The Labute approximate surface area is 141 Å². The average molecular weight is 322 g/mol. The SMILES string of the molecule is CC[C@@H](C)C(=O)O[C@@H]1C=C(C)CC[C@]2(O)[C@@H](C(C)C)CC[C@]12C. The molecule has 3 heteroatoms. The lowest BCUT2D eigenvalue weighted by Crippen LogP contribution is -2.53. The molecule has 3 nitrogen and oxygen atoms in total. The van der Waals surface area contributed by atoms with E-state index < -0.39 is 5.60 Å². The van der Waals surface area contributed by atoms with Crippen molar-refractivity contribution in [3.63, 3.8) is 0 Å². The van der Waals surface area contributed by atoms with Crippen LogP contribution >= 0.6 is 0 Å². The Bertz CT molecular complexity index is 481. The van der Waals surface area contributed by atoms with Crippen LogP contribution in [-0.4, -0.2) is 22.8 Å². The van der Waals surface area contributed by atoms with Crippen LogP contribution in [0.2, 0.25) is 0 Å². The van der Waals surface area contributed by atoms with Crippen molar-refractivity contribution in [2.45, 2.75) is 85.4 Å². The quantitative estimate of drug-likeness (QED) is 0.613. The maximum atomic E-state index is 12.4. The average Bonchev–Trinajstić information content (AvgIpc) is 2.72. The zero-order valence-corrected chi connectivity index (χ0v) is 15.7. The number of hydrogen-bond acceptors (Lipinski definition) is 3. The Morgan fingerprint density at radius 3 is 2.61 bits per heavy atom. The monoisotopic (exact) mass is 322 g/mol. The Morgan fingerprint density at radius 1 is 1.39 bits per heavy atom. The summed E-state index contributed by atoms with van der Waals surface area (Å²) in [4.78, 5) is 12.4. The lowest BCUT2D eigenvalue weighted by Gasteiger charge is -2.46. The molecule has 0 aliphatic heterocycles. The number of esters is 1. The minimum atomic E-state index is -0.754. The molecule has 5 atom stereocenters. The number of carbonyl (C=O) groups is 1. The van der Waals surface area contributed by atoms with Gasteiger partial charge in [0.2, 0.25) is 0 Å². The molecule has 0 heterocycles. The molecule has 0 aromatic rings. The number of aliphatic hydroxyl groups is 1. The first-order valence-corrected chi connectivity index (χ1v) is 9.26. The van der Waals surface area contributed by atoms with Gasteiger partial charge in [0, 0.05) is 5.41 Å². The van der Waals surface area contributed by atoms with E-state index in [-0.39, 0.29) is 29.3 Å². The number of carbonyl (C=O) groups excluding carboxylic acids is 1. The molecular weight excluding hydrogens is 288 g/mol. The standard InChI is InChI=1S/C20H34O3/c1-7-15(5)18(21)23-17-12-14(4)8-11-20(22)16(13(2)3)9-10-19(17,20)6/h12-13,15-17,22H,7-11H2,1-6H3/t15-,16-,17-,19-,20+/m1/s1. The van der Waals surface area contributed by atoms with Gasteiger partial charge in [-0.15, -0.1) is 0 Å². The molecule has 0 spiro atoms. The van der Waals surface area contributed by atoms with Crippen LogP contribution in [0.5, 0.6) is 0 Å². The van der Waals surface area contributed by atoms with Crippen molar-refractivity contribution in [3.05, 3.63) is 11.6 Å². The Morgan fingerprint density at radius 2 is 2.04 bits per heavy atom. The molecule has 1 saturated carbocycles. The highest BCUT2D eigenvalue weighted by Crippen LogP contribution is 2.58. The number of ether oxygens (including phenoxy) is 1. The molecular formula is C20H34O3. The van der Waals surface area contributed by atoms with Gasteiger partial charge in [-0.2, -0.15) is 0 Å². The molecule has 132 valence electrons. The Hall–Kier alpha value is -0.830. The van der Waals surface area contributed by atoms with E-state index in [0.29, 0.717) is 5.92 Å². The van der Waals surface area contributed by atoms with Gasteiger partial charge in [0.1, 0.15) is 6.10 Å². The summed E-state index contributed by atoms with van der Waals surface area (Å²) in [5.41, 5.74) is 0.0806. The van der Waals surface area contributed by atoms with E-state index in [2.05, 4.69) is 33.8 Å². The van der Waals surface area contributed by atoms with E-state index in [4.69, 9.17) is 4.74 Å². The maximum Gasteiger partial charge on any atom is 0.309 e. The summed E-state index contributed by atoms with van der Waals surface area (Å²) in [5, 5.41) is 11.7. The molecule has 0 aromatic carbocycles. The molecule has 2 aliphatic carbocycles. The van der Waals surface area contributed by atoms with Crippen molar-refractivity contribution >= 4 is 5.97 Å². The lowest BCUT2D eigenvalue weighted by atomic mass is 9.66. The Balaban J connectivity index is 2.36. The van der Waals surface area contributed by atoms with Crippen molar-refractivity contribution in [1.82, 2.24) is 0 Å². The number of allylic oxidation sites excluding steroid dienone is 1. The molecule has 1 N–H and O–H groups in total. The van der Waals surface area contributed by atoms with Crippen LogP contribution in [0.15, 0.2) is 11.6 Å². The third-order valence-electron chi connectivity index (χ3n) is 6.60. The van der Waals surface area contributed by atoms with Crippen LogP contribution in [0.4, 0.5) is 0 Å². The fraction of sp³-hybridized carbons (Fsp3) is 0.850. The molecule has 0 amide bonds. The van der Waals surface area contributed by atoms with E-state index in [1.54, 1.807) is 0 Å². The third-order valence-corrected chi connectivity index (χ3v) is 6.60. The molecule has 1 fully saturated rings. The number of rotatable bonds is 4. The lowest BCUT2D eigenvalue weighted by molar-refractivity contribution is -0.173. The van der Waals surface area contributed by atoms with E-state index in [1.807, 2.05) is 13.8 Å². The number of fused-ring (bicyclic) bond motifs is 1.